The van der Waals surface area contributed by atoms with Crippen LogP contribution in [0.5, 0.6) is 0 Å². The Morgan fingerprint density at radius 3 is 2.82 bits per heavy atom. The van der Waals surface area contributed by atoms with Gasteiger partial charge in [-0.25, -0.2) is 9.78 Å². The number of hydrogen-bond acceptors (Lipinski definition) is 4. The van der Waals surface area contributed by atoms with Crippen LogP contribution in [0.25, 0.3) is 11.0 Å². The molecule has 0 aliphatic heterocycles. The van der Waals surface area contributed by atoms with E-state index in [2.05, 4.69) is 10.3 Å². The highest BCUT2D eigenvalue weighted by Crippen LogP contribution is 2.29. The van der Waals surface area contributed by atoms with Gasteiger partial charge in [0.15, 0.2) is 0 Å². The summed E-state index contributed by atoms with van der Waals surface area (Å²) in [4.78, 5) is 15.6. The second-order valence-corrected chi connectivity index (χ2v) is 5.21. The Morgan fingerprint density at radius 2 is 2.05 bits per heavy atom. The Kier molecular flexibility index (Phi) is 3.55. The Balaban J connectivity index is 1.96. The molecule has 2 N–H and O–H groups in total. The highest BCUT2D eigenvalue weighted by molar-refractivity contribution is 5.93. The van der Waals surface area contributed by atoms with Gasteiger partial charge in [0.1, 0.15) is 17.0 Å². The minimum absolute atomic E-state index is 0.129. The first-order valence-electron chi connectivity index (χ1n) is 7.00. The molecule has 22 heavy (non-hydrogen) atoms. The Hall–Kier alpha value is -2.82. The van der Waals surface area contributed by atoms with E-state index < -0.39 is 5.97 Å². The second-order valence-electron chi connectivity index (χ2n) is 5.21. The zero-order chi connectivity index (χ0) is 15.7. The molecule has 5 nitrogen and oxygen atoms in total. The molecule has 5 heteroatoms. The maximum absolute atomic E-state index is 11.3. The summed E-state index contributed by atoms with van der Waals surface area (Å²) in [6.07, 6.45) is 1.69. The highest BCUT2D eigenvalue weighted by atomic mass is 16.4. The third-order valence-corrected chi connectivity index (χ3v) is 3.60. The van der Waals surface area contributed by atoms with E-state index >= 15 is 0 Å². The summed E-state index contributed by atoms with van der Waals surface area (Å²) in [5, 5.41) is 13.5. The fraction of sp³-hybridized carbons (Fsp3) is 0.176. The molecule has 2 aromatic heterocycles. The number of carbonyl (C=O) groups is 1. The maximum Gasteiger partial charge on any atom is 0.339 e. The molecule has 3 aromatic rings. The number of para-hydroxylation sites is 1. The molecule has 0 radical (unpaired) electrons. The van der Waals surface area contributed by atoms with E-state index in [4.69, 9.17) is 4.42 Å². The van der Waals surface area contributed by atoms with Crippen molar-refractivity contribution in [1.82, 2.24) is 4.98 Å². The molecule has 1 atom stereocenters. The first kappa shape index (κ1) is 14.1. The normalized spacial score (nSPS) is 12.3. The van der Waals surface area contributed by atoms with Crippen molar-refractivity contribution in [3.63, 3.8) is 0 Å². The van der Waals surface area contributed by atoms with Crippen LogP contribution in [0.4, 0.5) is 5.82 Å². The number of hydrogen-bond donors (Lipinski definition) is 2. The van der Waals surface area contributed by atoms with Gasteiger partial charge in [-0.2, -0.15) is 0 Å². The van der Waals surface area contributed by atoms with E-state index in [-0.39, 0.29) is 11.6 Å². The number of aromatic nitrogens is 1. The topological polar surface area (TPSA) is 75.4 Å². The number of nitrogens with one attached hydrogen (secondary N) is 1. The van der Waals surface area contributed by atoms with Crippen molar-refractivity contribution >= 4 is 22.8 Å². The number of carboxylic acid groups (broad SMARTS) is 1. The lowest BCUT2D eigenvalue weighted by Gasteiger charge is -2.15. The molecule has 0 amide bonds. The standard InChI is InChI=1S/C17H16N2O3/c1-10-7-8-13(17(20)21)16(18-10)19-11(2)14-9-22-15-6-4-3-5-12(14)15/h3-9,11H,1-2H3,(H,18,19)(H,20,21). The fourth-order valence-corrected chi connectivity index (χ4v) is 2.46. The number of nitrogens with zero attached hydrogens (tertiary/aromatic N) is 1. The van der Waals surface area contributed by atoms with Crippen molar-refractivity contribution in [1.29, 1.82) is 0 Å². The van der Waals surface area contributed by atoms with Gasteiger partial charge in [-0.1, -0.05) is 18.2 Å². The van der Waals surface area contributed by atoms with E-state index in [0.29, 0.717) is 5.82 Å². The van der Waals surface area contributed by atoms with E-state index in [1.54, 1.807) is 18.4 Å². The summed E-state index contributed by atoms with van der Waals surface area (Å²) in [5.41, 5.74) is 2.69. The Bertz CT molecular complexity index is 839. The summed E-state index contributed by atoms with van der Waals surface area (Å²) in [6.45, 7) is 3.78. The van der Waals surface area contributed by atoms with Crippen LogP contribution in [0.1, 0.15) is 34.6 Å². The van der Waals surface area contributed by atoms with Gasteiger partial charge in [0.05, 0.1) is 12.3 Å². The zero-order valence-electron chi connectivity index (χ0n) is 12.3. The summed E-state index contributed by atoms with van der Waals surface area (Å²) >= 11 is 0. The zero-order valence-corrected chi connectivity index (χ0v) is 12.3. The number of pyridine rings is 1. The Labute approximate surface area is 127 Å². The van der Waals surface area contributed by atoms with Crippen molar-refractivity contribution < 1.29 is 14.3 Å². The first-order chi connectivity index (χ1) is 10.6. The summed E-state index contributed by atoms with van der Waals surface area (Å²) in [6, 6.07) is 10.9. The molecule has 0 saturated carbocycles. The molecule has 0 aliphatic carbocycles. The molecule has 3 rings (SSSR count). The van der Waals surface area contributed by atoms with Crippen molar-refractivity contribution in [2.24, 2.45) is 0 Å². The van der Waals surface area contributed by atoms with Crippen LogP contribution in [-0.4, -0.2) is 16.1 Å². The van der Waals surface area contributed by atoms with E-state index in [1.165, 1.54) is 0 Å². The van der Waals surface area contributed by atoms with Gasteiger partial charge in [-0.15, -0.1) is 0 Å². The number of anilines is 1. The van der Waals surface area contributed by atoms with Crippen LogP contribution < -0.4 is 5.32 Å². The maximum atomic E-state index is 11.3. The van der Waals surface area contributed by atoms with Gasteiger partial charge in [0.2, 0.25) is 0 Å². The third-order valence-electron chi connectivity index (χ3n) is 3.60. The molecular weight excluding hydrogens is 280 g/mol. The van der Waals surface area contributed by atoms with E-state index in [9.17, 15) is 9.90 Å². The lowest BCUT2D eigenvalue weighted by molar-refractivity contribution is 0.0697. The minimum atomic E-state index is -1.00. The molecule has 0 bridgehead atoms. The lowest BCUT2D eigenvalue weighted by Crippen LogP contribution is -2.12. The number of furan rings is 1. The summed E-state index contributed by atoms with van der Waals surface area (Å²) in [5.74, 6) is -0.635. The number of fused-ring (bicyclic) bond motifs is 1. The van der Waals surface area contributed by atoms with Gasteiger partial charge in [-0.3, -0.25) is 0 Å². The number of rotatable bonds is 4. The van der Waals surface area contributed by atoms with Crippen LogP contribution >= 0.6 is 0 Å². The molecule has 0 aliphatic rings. The molecule has 1 unspecified atom stereocenters. The number of aromatic carboxylic acids is 1. The largest absolute Gasteiger partial charge is 0.478 e. The Morgan fingerprint density at radius 1 is 1.27 bits per heavy atom. The smallest absolute Gasteiger partial charge is 0.339 e. The average Bonchev–Trinajstić information content (AvgIpc) is 2.91. The van der Waals surface area contributed by atoms with Gasteiger partial charge in [0.25, 0.3) is 0 Å². The molecule has 0 saturated heterocycles. The summed E-state index contributed by atoms with van der Waals surface area (Å²) in [7, 11) is 0. The van der Waals surface area contributed by atoms with Crippen LogP contribution in [0.2, 0.25) is 0 Å². The van der Waals surface area contributed by atoms with Gasteiger partial charge < -0.3 is 14.8 Å². The number of carboxylic acids is 1. The van der Waals surface area contributed by atoms with Crippen molar-refractivity contribution in [3.05, 3.63) is 59.5 Å². The lowest BCUT2D eigenvalue weighted by atomic mass is 10.1. The van der Waals surface area contributed by atoms with Crippen LogP contribution in [0.15, 0.2) is 47.1 Å². The van der Waals surface area contributed by atoms with Crippen molar-refractivity contribution in [2.75, 3.05) is 5.32 Å². The predicted octanol–water partition coefficient (Wildman–Crippen LogP) is 4.01. The van der Waals surface area contributed by atoms with Crippen LogP contribution in [-0.2, 0) is 0 Å². The average molecular weight is 296 g/mol. The first-order valence-corrected chi connectivity index (χ1v) is 7.00. The van der Waals surface area contributed by atoms with Crippen LogP contribution in [0, 0.1) is 6.92 Å². The molecule has 112 valence electrons. The third kappa shape index (κ3) is 2.53. The molecule has 0 fully saturated rings. The van der Waals surface area contributed by atoms with Crippen LogP contribution in [0.3, 0.4) is 0 Å². The van der Waals surface area contributed by atoms with E-state index in [1.807, 2.05) is 38.1 Å². The summed E-state index contributed by atoms with van der Waals surface area (Å²) < 4.78 is 5.53. The predicted molar refractivity (Wildman–Crippen MR) is 84.2 cm³/mol. The number of benzene rings is 1. The highest BCUT2D eigenvalue weighted by Gasteiger charge is 2.17. The van der Waals surface area contributed by atoms with E-state index in [0.717, 1.165) is 22.2 Å². The fourth-order valence-electron chi connectivity index (χ4n) is 2.46. The van der Waals surface area contributed by atoms with Crippen molar-refractivity contribution in [2.45, 2.75) is 19.9 Å². The van der Waals surface area contributed by atoms with Gasteiger partial charge >= 0.3 is 5.97 Å². The molecule has 2 heterocycles. The second kappa shape index (κ2) is 5.52. The number of aryl methyl sites for hydroxylation is 1. The van der Waals surface area contributed by atoms with Crippen molar-refractivity contribution in [3.8, 4) is 0 Å². The van der Waals surface area contributed by atoms with Gasteiger partial charge in [-0.05, 0) is 32.0 Å². The molecule has 0 spiro atoms. The molecule has 1 aromatic carbocycles. The SMILES string of the molecule is Cc1ccc(C(=O)O)c(NC(C)c2coc3ccccc23)n1. The monoisotopic (exact) mass is 296 g/mol. The van der Waals surface area contributed by atoms with Gasteiger partial charge in [0, 0.05) is 16.6 Å². The minimum Gasteiger partial charge on any atom is -0.478 e. The molecular formula is C17H16N2O3. The quantitative estimate of drug-likeness (QED) is 0.761.